The van der Waals surface area contributed by atoms with Gasteiger partial charge in [-0.2, -0.15) is 5.26 Å². The highest BCUT2D eigenvalue weighted by molar-refractivity contribution is 5.93. The summed E-state index contributed by atoms with van der Waals surface area (Å²) in [4.78, 5) is 25.4. The monoisotopic (exact) mass is 352 g/mol. The van der Waals surface area contributed by atoms with Crippen LogP contribution >= 0.6 is 0 Å². The lowest BCUT2D eigenvalue weighted by molar-refractivity contribution is -0.139. The summed E-state index contributed by atoms with van der Waals surface area (Å²) in [6.07, 6.45) is 1.25. The van der Waals surface area contributed by atoms with E-state index in [1.165, 1.54) is 13.2 Å². The Balaban J connectivity index is 2.28. The van der Waals surface area contributed by atoms with E-state index < -0.39 is 11.9 Å². The number of carbonyl (C=O) groups is 1. The molecule has 2 heterocycles. The minimum Gasteiger partial charge on any atom is -0.464 e. The van der Waals surface area contributed by atoms with Gasteiger partial charge in [0.05, 0.1) is 29.7 Å². The summed E-state index contributed by atoms with van der Waals surface area (Å²) in [6, 6.07) is 8.65. The predicted octanol–water partition coefficient (Wildman–Crippen LogP) is 2.44. The molecule has 132 valence electrons. The molecule has 0 aliphatic carbocycles. The third kappa shape index (κ3) is 2.71. The molecule has 0 fully saturated rings. The summed E-state index contributed by atoms with van der Waals surface area (Å²) in [6.45, 7) is 3.32. The van der Waals surface area contributed by atoms with Gasteiger partial charge in [0, 0.05) is 5.56 Å². The molecule has 0 spiro atoms. The van der Waals surface area contributed by atoms with Gasteiger partial charge >= 0.3 is 5.97 Å². The molecular weight excluding hydrogens is 336 g/mol. The molecule has 2 aromatic rings. The first-order valence-corrected chi connectivity index (χ1v) is 7.95. The summed E-state index contributed by atoms with van der Waals surface area (Å²) in [5.74, 6) is -1.68. The molecule has 3 rings (SSSR count). The Morgan fingerprint density at radius 1 is 1.38 bits per heavy atom. The van der Waals surface area contributed by atoms with Crippen LogP contribution in [-0.2, 0) is 14.3 Å². The van der Waals surface area contributed by atoms with Crippen LogP contribution in [-0.4, -0.2) is 12.6 Å². The van der Waals surface area contributed by atoms with Crippen molar-refractivity contribution in [3.8, 4) is 6.07 Å². The van der Waals surface area contributed by atoms with Crippen LogP contribution < -0.4 is 11.2 Å². The molecule has 26 heavy (non-hydrogen) atoms. The lowest BCUT2D eigenvalue weighted by Gasteiger charge is -2.26. The number of hydrogen-bond donors (Lipinski definition) is 1. The topological polar surface area (TPSA) is 116 Å². The molecule has 1 atom stereocenters. The van der Waals surface area contributed by atoms with Gasteiger partial charge in [-0.05, 0) is 26.0 Å². The highest BCUT2D eigenvalue weighted by Gasteiger charge is 2.38. The standard InChI is InChI=1S/C19H16N2O5/c1-3-24-19(23)15-10(2)26-18(21)12(8-20)16(15)13-9-25-14-7-5-4-6-11(14)17(13)22/h4-7,9,16H,3,21H2,1-2H3/t16-/m1/s1. The van der Waals surface area contributed by atoms with Gasteiger partial charge in [-0.15, -0.1) is 0 Å². The third-order valence-electron chi connectivity index (χ3n) is 4.12. The number of rotatable bonds is 3. The van der Waals surface area contributed by atoms with Crippen LogP contribution in [0, 0.1) is 11.3 Å². The lowest BCUT2D eigenvalue weighted by atomic mass is 9.83. The van der Waals surface area contributed by atoms with Crippen molar-refractivity contribution < 1.29 is 18.7 Å². The molecule has 7 heteroatoms. The van der Waals surface area contributed by atoms with Gasteiger partial charge in [0.2, 0.25) is 5.88 Å². The number of ether oxygens (including phenoxy) is 2. The zero-order valence-electron chi connectivity index (χ0n) is 14.2. The number of allylic oxidation sites excluding steroid dienone is 2. The van der Waals surface area contributed by atoms with Crippen molar-refractivity contribution >= 4 is 16.9 Å². The van der Waals surface area contributed by atoms with Gasteiger partial charge in [0.1, 0.15) is 23.0 Å². The molecule has 2 N–H and O–H groups in total. The number of nitriles is 1. The van der Waals surface area contributed by atoms with Crippen molar-refractivity contribution in [1.82, 2.24) is 0 Å². The Labute approximate surface area is 148 Å². The Kier molecular flexibility index (Phi) is 4.50. The fourth-order valence-corrected chi connectivity index (χ4v) is 2.96. The molecule has 1 aliphatic heterocycles. The fourth-order valence-electron chi connectivity index (χ4n) is 2.96. The number of para-hydroxylation sites is 1. The van der Waals surface area contributed by atoms with Gasteiger partial charge in [-0.1, -0.05) is 12.1 Å². The van der Waals surface area contributed by atoms with Crippen molar-refractivity contribution in [1.29, 1.82) is 5.26 Å². The molecule has 0 saturated carbocycles. The number of hydrogen-bond acceptors (Lipinski definition) is 7. The van der Waals surface area contributed by atoms with Crippen molar-refractivity contribution in [2.24, 2.45) is 5.73 Å². The summed E-state index contributed by atoms with van der Waals surface area (Å²) >= 11 is 0. The SMILES string of the molecule is CCOC(=O)C1=C(C)OC(N)=C(C#N)[C@@H]1c1coc2ccccc2c1=O. The summed E-state index contributed by atoms with van der Waals surface area (Å²) < 4.78 is 15.9. The van der Waals surface area contributed by atoms with Gasteiger partial charge in [-0.25, -0.2) is 4.79 Å². The number of nitrogens with two attached hydrogens (primary N) is 1. The van der Waals surface area contributed by atoms with E-state index in [1.807, 2.05) is 6.07 Å². The first kappa shape index (κ1) is 17.3. The molecule has 0 bridgehead atoms. The Morgan fingerprint density at radius 3 is 2.81 bits per heavy atom. The fraction of sp³-hybridized carbons (Fsp3) is 0.211. The van der Waals surface area contributed by atoms with E-state index in [0.29, 0.717) is 11.0 Å². The Morgan fingerprint density at radius 2 is 2.12 bits per heavy atom. The Hall–Kier alpha value is -3.53. The van der Waals surface area contributed by atoms with Crippen molar-refractivity contribution in [2.75, 3.05) is 6.61 Å². The normalized spacial score (nSPS) is 17.0. The largest absolute Gasteiger partial charge is 0.464 e. The van der Waals surface area contributed by atoms with Crippen LogP contribution in [0.4, 0.5) is 0 Å². The zero-order chi connectivity index (χ0) is 18.8. The van der Waals surface area contributed by atoms with Crippen molar-refractivity contribution in [3.05, 3.63) is 69.1 Å². The lowest BCUT2D eigenvalue weighted by Crippen LogP contribution is -2.28. The predicted molar refractivity (Wildman–Crippen MR) is 92.5 cm³/mol. The second kappa shape index (κ2) is 6.76. The number of carbonyl (C=O) groups excluding carboxylic acids is 1. The van der Waals surface area contributed by atoms with Gasteiger partial charge in [0.15, 0.2) is 5.43 Å². The average Bonchev–Trinajstić information content (AvgIpc) is 2.62. The van der Waals surface area contributed by atoms with Crippen LogP contribution in [0.1, 0.15) is 25.3 Å². The highest BCUT2D eigenvalue weighted by Crippen LogP contribution is 2.38. The van der Waals surface area contributed by atoms with E-state index >= 15 is 0 Å². The third-order valence-corrected chi connectivity index (χ3v) is 4.12. The van der Waals surface area contributed by atoms with Crippen LogP contribution in [0.15, 0.2) is 62.5 Å². The van der Waals surface area contributed by atoms with Crippen LogP contribution in [0.3, 0.4) is 0 Å². The van der Waals surface area contributed by atoms with E-state index in [9.17, 15) is 14.9 Å². The number of esters is 1. The molecule has 1 aromatic heterocycles. The smallest absolute Gasteiger partial charge is 0.338 e. The zero-order valence-corrected chi connectivity index (χ0v) is 14.2. The van der Waals surface area contributed by atoms with Crippen molar-refractivity contribution in [2.45, 2.75) is 19.8 Å². The number of fused-ring (bicyclic) bond motifs is 1. The number of nitrogens with zero attached hydrogens (tertiary/aromatic N) is 1. The molecular formula is C19H16N2O5. The quantitative estimate of drug-likeness (QED) is 0.843. The Bertz CT molecular complexity index is 1060. The maximum Gasteiger partial charge on any atom is 0.338 e. The molecule has 1 aliphatic rings. The first-order chi connectivity index (χ1) is 12.5. The van der Waals surface area contributed by atoms with Gasteiger partial charge < -0.3 is 19.6 Å². The molecule has 0 saturated heterocycles. The van der Waals surface area contributed by atoms with E-state index in [4.69, 9.17) is 19.6 Å². The van der Waals surface area contributed by atoms with Crippen LogP contribution in [0.25, 0.3) is 11.0 Å². The number of benzene rings is 1. The van der Waals surface area contributed by atoms with E-state index in [2.05, 4.69) is 0 Å². The maximum absolute atomic E-state index is 13.0. The highest BCUT2D eigenvalue weighted by atomic mass is 16.5. The van der Waals surface area contributed by atoms with Gasteiger partial charge in [0.25, 0.3) is 0 Å². The molecule has 7 nitrogen and oxygen atoms in total. The molecule has 0 amide bonds. The average molecular weight is 352 g/mol. The molecule has 1 aromatic carbocycles. The maximum atomic E-state index is 13.0. The second-order valence-corrected chi connectivity index (χ2v) is 5.63. The molecule has 0 radical (unpaired) electrons. The van der Waals surface area contributed by atoms with E-state index in [1.54, 1.807) is 31.2 Å². The van der Waals surface area contributed by atoms with Crippen LogP contribution in [0.2, 0.25) is 0 Å². The van der Waals surface area contributed by atoms with Crippen LogP contribution in [0.5, 0.6) is 0 Å². The molecule has 0 unspecified atom stereocenters. The van der Waals surface area contributed by atoms with Crippen molar-refractivity contribution in [3.63, 3.8) is 0 Å². The van der Waals surface area contributed by atoms with Gasteiger partial charge in [-0.3, -0.25) is 4.79 Å². The summed E-state index contributed by atoms with van der Waals surface area (Å²) in [5.41, 5.74) is 6.01. The van der Waals surface area contributed by atoms with E-state index in [-0.39, 0.29) is 40.4 Å². The van der Waals surface area contributed by atoms with E-state index in [0.717, 1.165) is 0 Å². The summed E-state index contributed by atoms with van der Waals surface area (Å²) in [7, 11) is 0. The summed E-state index contributed by atoms with van der Waals surface area (Å²) in [5, 5.41) is 9.88. The second-order valence-electron chi connectivity index (χ2n) is 5.63. The first-order valence-electron chi connectivity index (χ1n) is 7.95. The minimum atomic E-state index is -1.02. The minimum absolute atomic E-state index is 0.0405.